The van der Waals surface area contributed by atoms with Gasteiger partial charge in [0.1, 0.15) is 12.2 Å². The van der Waals surface area contributed by atoms with Crippen LogP contribution in [-0.2, 0) is 23.8 Å². The molecule has 1 aliphatic heterocycles. The van der Waals surface area contributed by atoms with Crippen LogP contribution in [0.4, 0.5) is 26.3 Å². The van der Waals surface area contributed by atoms with Crippen molar-refractivity contribution in [3.05, 3.63) is 12.2 Å². The highest BCUT2D eigenvalue weighted by Crippen LogP contribution is 2.62. The molecule has 0 aromatic rings. The van der Waals surface area contributed by atoms with Gasteiger partial charge in [0, 0.05) is 23.3 Å². The second kappa shape index (κ2) is 7.09. The van der Waals surface area contributed by atoms with E-state index in [0.717, 1.165) is 0 Å². The van der Waals surface area contributed by atoms with Crippen LogP contribution >= 0.6 is 0 Å². The molecule has 0 amide bonds. The Hall–Kier alpha value is -1.82. The Morgan fingerprint density at radius 2 is 1.71 bits per heavy atom. The lowest BCUT2D eigenvalue weighted by molar-refractivity contribution is -0.383. The number of carbonyl (C=O) groups excluding carboxylic acids is 2. The van der Waals surface area contributed by atoms with Crippen LogP contribution in [0.2, 0.25) is 0 Å². The van der Waals surface area contributed by atoms with Crippen LogP contribution in [0.25, 0.3) is 0 Å². The summed E-state index contributed by atoms with van der Waals surface area (Å²) in [5.41, 5.74) is -6.72. The highest BCUT2D eigenvalue weighted by Gasteiger charge is 2.73. The lowest BCUT2D eigenvalue weighted by Crippen LogP contribution is -2.61. The largest absolute Gasteiger partial charge is 0.458 e. The second-order valence-corrected chi connectivity index (χ2v) is 8.91. The maximum Gasteiger partial charge on any atom is 0.428 e. The molecule has 6 atom stereocenters. The average Bonchev–Trinajstić information content (AvgIpc) is 3.21. The first-order valence-electron chi connectivity index (χ1n) is 9.49. The minimum atomic E-state index is -6.03. The van der Waals surface area contributed by atoms with E-state index >= 15 is 0 Å². The van der Waals surface area contributed by atoms with Gasteiger partial charge >= 0.3 is 24.3 Å². The molecule has 0 aromatic heterocycles. The fourth-order valence-corrected chi connectivity index (χ4v) is 5.03. The molecule has 3 rings (SSSR count). The standard InChI is InChI=1S/C19H22F6O6/c1-7(2)14(26)30-13-9-5-8-10(15(27)31-12(8)13)11(9)16(3,4)29-6-17(28,18(20,21)22)19(23,24)25/h8-13,28H,1,5-6H2,2-4H3. The molecule has 3 aliphatic rings. The van der Waals surface area contributed by atoms with Crippen molar-refractivity contribution in [1.29, 1.82) is 0 Å². The Morgan fingerprint density at radius 1 is 1.16 bits per heavy atom. The summed E-state index contributed by atoms with van der Waals surface area (Å²) < 4.78 is 93.7. The van der Waals surface area contributed by atoms with Gasteiger partial charge in [-0.2, -0.15) is 26.3 Å². The molecule has 0 spiro atoms. The minimum Gasteiger partial charge on any atom is -0.458 e. The van der Waals surface area contributed by atoms with Gasteiger partial charge in [-0.05, 0) is 27.2 Å². The molecule has 0 aromatic carbocycles. The van der Waals surface area contributed by atoms with Crippen molar-refractivity contribution in [2.24, 2.45) is 23.7 Å². The van der Waals surface area contributed by atoms with Gasteiger partial charge in [-0.1, -0.05) is 6.58 Å². The second-order valence-electron chi connectivity index (χ2n) is 8.91. The Morgan fingerprint density at radius 3 is 2.19 bits per heavy atom. The predicted octanol–water partition coefficient (Wildman–Crippen LogP) is 2.93. The van der Waals surface area contributed by atoms with Crippen molar-refractivity contribution in [1.82, 2.24) is 0 Å². The number of fused-ring (bicyclic) bond motifs is 1. The molecule has 2 aliphatic carbocycles. The lowest BCUT2D eigenvalue weighted by Gasteiger charge is -2.43. The van der Waals surface area contributed by atoms with Gasteiger partial charge in [-0.15, -0.1) is 0 Å². The number of halogens is 6. The smallest absolute Gasteiger partial charge is 0.428 e. The predicted molar refractivity (Wildman–Crippen MR) is 90.2 cm³/mol. The summed E-state index contributed by atoms with van der Waals surface area (Å²) in [5.74, 6) is -4.13. The number of ether oxygens (including phenoxy) is 3. The maximum atomic E-state index is 13.0. The summed E-state index contributed by atoms with van der Waals surface area (Å²) in [6.45, 7) is 5.23. The first-order valence-corrected chi connectivity index (χ1v) is 9.49. The molecule has 1 N–H and O–H groups in total. The molecule has 1 heterocycles. The van der Waals surface area contributed by atoms with Crippen molar-refractivity contribution >= 4 is 11.9 Å². The van der Waals surface area contributed by atoms with Crippen molar-refractivity contribution in [2.75, 3.05) is 6.61 Å². The highest BCUT2D eigenvalue weighted by molar-refractivity contribution is 5.87. The van der Waals surface area contributed by atoms with Gasteiger partial charge in [0.15, 0.2) is 0 Å². The Bertz CT molecular complexity index is 774. The third-order valence-corrected chi connectivity index (χ3v) is 6.53. The van der Waals surface area contributed by atoms with E-state index in [9.17, 15) is 41.0 Å². The molecule has 3 fully saturated rings. The van der Waals surface area contributed by atoms with Crippen LogP contribution in [-0.4, -0.2) is 59.4 Å². The Kier molecular flexibility index (Phi) is 5.45. The molecule has 6 unspecified atom stereocenters. The summed E-state index contributed by atoms with van der Waals surface area (Å²) >= 11 is 0. The molecule has 0 radical (unpaired) electrons. The third kappa shape index (κ3) is 3.61. The van der Waals surface area contributed by atoms with Gasteiger partial charge in [0.2, 0.25) is 0 Å². The molecule has 31 heavy (non-hydrogen) atoms. The van der Waals surface area contributed by atoms with Crippen LogP contribution in [0.1, 0.15) is 27.2 Å². The number of hydrogen-bond acceptors (Lipinski definition) is 6. The Labute approximate surface area is 173 Å². The molecule has 2 bridgehead atoms. The van der Waals surface area contributed by atoms with Crippen molar-refractivity contribution in [3.63, 3.8) is 0 Å². The van der Waals surface area contributed by atoms with Crippen molar-refractivity contribution in [3.8, 4) is 0 Å². The summed E-state index contributed by atoms with van der Waals surface area (Å²) in [6.07, 6.45) is -13.4. The van der Waals surface area contributed by atoms with Crippen molar-refractivity contribution in [2.45, 2.75) is 63.0 Å². The summed E-state index contributed by atoms with van der Waals surface area (Å²) in [4.78, 5) is 24.4. The highest BCUT2D eigenvalue weighted by atomic mass is 19.4. The molecule has 6 nitrogen and oxygen atoms in total. The summed E-state index contributed by atoms with van der Waals surface area (Å²) in [5, 5.41) is 9.39. The number of hydrogen-bond donors (Lipinski definition) is 1. The van der Waals surface area contributed by atoms with E-state index in [1.54, 1.807) is 0 Å². The van der Waals surface area contributed by atoms with Crippen LogP contribution in [0.15, 0.2) is 12.2 Å². The zero-order chi connectivity index (χ0) is 23.7. The first kappa shape index (κ1) is 23.8. The lowest BCUT2D eigenvalue weighted by atomic mass is 9.70. The van der Waals surface area contributed by atoms with Crippen LogP contribution < -0.4 is 0 Å². The van der Waals surface area contributed by atoms with Crippen LogP contribution in [0.3, 0.4) is 0 Å². The monoisotopic (exact) mass is 460 g/mol. The van der Waals surface area contributed by atoms with E-state index < -0.39 is 78.0 Å². The van der Waals surface area contributed by atoms with E-state index in [2.05, 4.69) is 6.58 Å². The molecular formula is C19H22F6O6. The quantitative estimate of drug-likeness (QED) is 0.373. The summed E-state index contributed by atoms with van der Waals surface area (Å²) in [6, 6.07) is 0. The number of aliphatic hydroxyl groups is 1. The van der Waals surface area contributed by atoms with E-state index in [4.69, 9.17) is 14.2 Å². The topological polar surface area (TPSA) is 82.1 Å². The molecule has 176 valence electrons. The molecule has 2 saturated carbocycles. The van der Waals surface area contributed by atoms with Gasteiger partial charge in [-0.25, -0.2) is 4.79 Å². The Balaban J connectivity index is 1.86. The average molecular weight is 460 g/mol. The van der Waals surface area contributed by atoms with Gasteiger partial charge in [0.25, 0.3) is 5.60 Å². The summed E-state index contributed by atoms with van der Waals surface area (Å²) in [7, 11) is 0. The van der Waals surface area contributed by atoms with E-state index in [-0.39, 0.29) is 5.57 Å². The van der Waals surface area contributed by atoms with Crippen LogP contribution in [0, 0.1) is 23.7 Å². The van der Waals surface area contributed by atoms with Crippen LogP contribution in [0.5, 0.6) is 0 Å². The number of carbonyl (C=O) groups is 2. The fraction of sp³-hybridized carbons (Fsp3) is 0.789. The number of alkyl halides is 6. The van der Waals surface area contributed by atoms with E-state index in [0.29, 0.717) is 6.42 Å². The molecule has 1 saturated heterocycles. The third-order valence-electron chi connectivity index (χ3n) is 6.53. The van der Waals surface area contributed by atoms with E-state index in [1.165, 1.54) is 20.8 Å². The number of esters is 2. The minimum absolute atomic E-state index is 0.0797. The number of rotatable bonds is 6. The van der Waals surface area contributed by atoms with Crippen molar-refractivity contribution < 1.29 is 55.2 Å². The van der Waals surface area contributed by atoms with Gasteiger partial charge in [0.05, 0.1) is 18.1 Å². The zero-order valence-electron chi connectivity index (χ0n) is 16.8. The normalized spacial score (nSPS) is 32.9. The van der Waals surface area contributed by atoms with E-state index in [1.807, 2.05) is 0 Å². The maximum absolute atomic E-state index is 13.0. The SMILES string of the molecule is C=C(C)C(=O)OC1C2CC3C1OC(=O)C3C2C(C)(C)OCC(O)(C(F)(F)F)C(F)(F)F. The van der Waals surface area contributed by atoms with Gasteiger partial charge < -0.3 is 19.3 Å². The molecule has 12 heteroatoms. The zero-order valence-corrected chi connectivity index (χ0v) is 16.8. The fourth-order valence-electron chi connectivity index (χ4n) is 5.03. The molecular weight excluding hydrogens is 438 g/mol. The van der Waals surface area contributed by atoms with Gasteiger partial charge in [-0.3, -0.25) is 4.79 Å². The first-order chi connectivity index (χ1) is 13.9.